The Hall–Kier alpha value is -2.47. The van der Waals surface area contributed by atoms with Gasteiger partial charge in [0.2, 0.25) is 0 Å². The number of hydrogen-bond donors (Lipinski definition) is 2. The Morgan fingerprint density at radius 3 is 2.62 bits per heavy atom. The smallest absolute Gasteiger partial charge is 0.191 e. The molecule has 0 aliphatic carbocycles. The SMILES string of the molecule is CN=C(NCCOCc1ccccc1)NCc1cc(F)ccc1F. The average molecular weight is 333 g/mol. The van der Waals surface area contributed by atoms with Crippen molar-refractivity contribution in [1.29, 1.82) is 0 Å². The number of aliphatic imine (C=N–C) groups is 1. The molecule has 0 aliphatic heterocycles. The van der Waals surface area contributed by atoms with E-state index in [4.69, 9.17) is 4.74 Å². The highest BCUT2D eigenvalue weighted by Crippen LogP contribution is 2.09. The number of nitrogens with one attached hydrogen (secondary N) is 2. The van der Waals surface area contributed by atoms with Crippen LogP contribution in [0.4, 0.5) is 8.78 Å². The Kier molecular flexibility index (Phi) is 7.17. The molecule has 6 heteroatoms. The first kappa shape index (κ1) is 17.9. The molecule has 2 aromatic rings. The van der Waals surface area contributed by atoms with Crippen LogP contribution in [0.5, 0.6) is 0 Å². The van der Waals surface area contributed by atoms with Crippen LogP contribution in [0.2, 0.25) is 0 Å². The number of rotatable bonds is 7. The zero-order chi connectivity index (χ0) is 17.2. The Balaban J connectivity index is 1.68. The van der Waals surface area contributed by atoms with Crippen molar-refractivity contribution < 1.29 is 13.5 Å². The van der Waals surface area contributed by atoms with Crippen molar-refractivity contribution in [2.75, 3.05) is 20.2 Å². The van der Waals surface area contributed by atoms with E-state index in [1.807, 2.05) is 30.3 Å². The summed E-state index contributed by atoms with van der Waals surface area (Å²) in [6.45, 7) is 1.75. The minimum Gasteiger partial charge on any atom is -0.375 e. The van der Waals surface area contributed by atoms with Crippen molar-refractivity contribution in [3.05, 3.63) is 71.3 Å². The van der Waals surface area contributed by atoms with Crippen molar-refractivity contribution in [2.45, 2.75) is 13.2 Å². The van der Waals surface area contributed by atoms with Crippen molar-refractivity contribution in [3.8, 4) is 0 Å². The number of benzene rings is 2. The molecule has 0 aromatic heterocycles. The molecule has 24 heavy (non-hydrogen) atoms. The molecule has 4 nitrogen and oxygen atoms in total. The van der Waals surface area contributed by atoms with Gasteiger partial charge in [0, 0.05) is 25.7 Å². The van der Waals surface area contributed by atoms with Gasteiger partial charge in [0.25, 0.3) is 0 Å². The molecular weight excluding hydrogens is 312 g/mol. The first-order valence-corrected chi connectivity index (χ1v) is 7.69. The Bertz CT molecular complexity index is 663. The zero-order valence-electron chi connectivity index (χ0n) is 13.6. The van der Waals surface area contributed by atoms with E-state index >= 15 is 0 Å². The Morgan fingerprint density at radius 2 is 1.88 bits per heavy atom. The van der Waals surface area contributed by atoms with Crippen molar-refractivity contribution in [1.82, 2.24) is 10.6 Å². The monoisotopic (exact) mass is 333 g/mol. The molecule has 128 valence electrons. The van der Waals surface area contributed by atoms with Gasteiger partial charge in [-0.25, -0.2) is 8.78 Å². The molecule has 0 atom stereocenters. The minimum absolute atomic E-state index is 0.147. The van der Waals surface area contributed by atoms with E-state index in [-0.39, 0.29) is 12.1 Å². The summed E-state index contributed by atoms with van der Waals surface area (Å²) in [5, 5.41) is 6.00. The van der Waals surface area contributed by atoms with Gasteiger partial charge in [0.05, 0.1) is 13.2 Å². The van der Waals surface area contributed by atoms with E-state index in [0.29, 0.717) is 25.7 Å². The molecule has 0 unspecified atom stereocenters. The number of nitrogens with zero attached hydrogens (tertiary/aromatic N) is 1. The van der Waals surface area contributed by atoms with E-state index in [0.717, 1.165) is 17.7 Å². The summed E-state index contributed by atoms with van der Waals surface area (Å²) in [4.78, 5) is 4.03. The second-order valence-corrected chi connectivity index (χ2v) is 5.13. The van der Waals surface area contributed by atoms with Crippen LogP contribution in [0.3, 0.4) is 0 Å². The molecule has 0 aliphatic rings. The third-order valence-corrected chi connectivity index (χ3v) is 3.33. The molecule has 0 spiro atoms. The second kappa shape index (κ2) is 9.62. The summed E-state index contributed by atoms with van der Waals surface area (Å²) >= 11 is 0. The molecule has 2 rings (SSSR count). The van der Waals surface area contributed by atoms with E-state index in [9.17, 15) is 8.78 Å². The van der Waals surface area contributed by atoms with Crippen LogP contribution < -0.4 is 10.6 Å². The van der Waals surface area contributed by atoms with Gasteiger partial charge in [-0.15, -0.1) is 0 Å². The van der Waals surface area contributed by atoms with Gasteiger partial charge in [0.15, 0.2) is 5.96 Å². The van der Waals surface area contributed by atoms with Crippen LogP contribution in [0.1, 0.15) is 11.1 Å². The minimum atomic E-state index is -0.467. The molecule has 0 fully saturated rings. The Labute approximate surface area is 140 Å². The maximum Gasteiger partial charge on any atom is 0.191 e. The number of halogens is 2. The predicted octanol–water partition coefficient (Wildman–Crippen LogP) is 2.85. The summed E-state index contributed by atoms with van der Waals surface area (Å²) in [7, 11) is 1.61. The van der Waals surface area contributed by atoms with Gasteiger partial charge in [-0.05, 0) is 23.8 Å². The molecule has 2 N–H and O–H groups in total. The standard InChI is InChI=1S/C18H21F2N3O/c1-21-18(23-12-15-11-16(19)7-8-17(15)20)22-9-10-24-13-14-5-3-2-4-6-14/h2-8,11H,9-10,12-13H2,1H3,(H2,21,22,23). The maximum absolute atomic E-state index is 13.6. The van der Waals surface area contributed by atoms with E-state index in [1.54, 1.807) is 7.05 Å². The number of guanidine groups is 1. The summed E-state index contributed by atoms with van der Waals surface area (Å²) in [5.74, 6) is -0.419. The van der Waals surface area contributed by atoms with Crippen LogP contribution >= 0.6 is 0 Å². The quantitative estimate of drug-likeness (QED) is 0.465. The van der Waals surface area contributed by atoms with Crippen molar-refractivity contribution in [2.24, 2.45) is 4.99 Å². The lowest BCUT2D eigenvalue weighted by atomic mass is 10.2. The van der Waals surface area contributed by atoms with E-state index < -0.39 is 11.6 Å². The van der Waals surface area contributed by atoms with Crippen LogP contribution in [0, 0.1) is 11.6 Å². The summed E-state index contributed by atoms with van der Waals surface area (Å²) in [5.41, 5.74) is 1.36. The molecular formula is C18H21F2N3O. The topological polar surface area (TPSA) is 45.7 Å². The van der Waals surface area contributed by atoms with Crippen LogP contribution in [-0.2, 0) is 17.9 Å². The highest BCUT2D eigenvalue weighted by atomic mass is 19.1. The predicted molar refractivity (Wildman–Crippen MR) is 90.7 cm³/mol. The fourth-order valence-corrected chi connectivity index (χ4v) is 2.08. The van der Waals surface area contributed by atoms with Gasteiger partial charge in [-0.1, -0.05) is 30.3 Å². The van der Waals surface area contributed by atoms with Crippen LogP contribution in [-0.4, -0.2) is 26.2 Å². The lowest BCUT2D eigenvalue weighted by Gasteiger charge is -2.12. The van der Waals surface area contributed by atoms with E-state index in [2.05, 4.69) is 15.6 Å². The van der Waals surface area contributed by atoms with E-state index in [1.165, 1.54) is 6.07 Å². The van der Waals surface area contributed by atoms with Gasteiger partial charge in [-0.3, -0.25) is 4.99 Å². The van der Waals surface area contributed by atoms with Gasteiger partial charge < -0.3 is 15.4 Å². The van der Waals surface area contributed by atoms with Gasteiger partial charge >= 0.3 is 0 Å². The summed E-state index contributed by atoms with van der Waals surface area (Å²) < 4.78 is 32.2. The first-order chi connectivity index (χ1) is 11.7. The third kappa shape index (κ3) is 5.96. The van der Waals surface area contributed by atoms with Gasteiger partial charge in [0.1, 0.15) is 11.6 Å². The van der Waals surface area contributed by atoms with Gasteiger partial charge in [-0.2, -0.15) is 0 Å². The normalized spacial score (nSPS) is 11.4. The zero-order valence-corrected chi connectivity index (χ0v) is 13.6. The molecule has 0 bridgehead atoms. The number of hydrogen-bond acceptors (Lipinski definition) is 2. The van der Waals surface area contributed by atoms with Crippen molar-refractivity contribution in [3.63, 3.8) is 0 Å². The summed E-state index contributed by atoms with van der Waals surface area (Å²) in [6.07, 6.45) is 0. The fraction of sp³-hybridized carbons (Fsp3) is 0.278. The lowest BCUT2D eigenvalue weighted by molar-refractivity contribution is 0.125. The van der Waals surface area contributed by atoms with Crippen LogP contribution in [0.15, 0.2) is 53.5 Å². The summed E-state index contributed by atoms with van der Waals surface area (Å²) in [6, 6.07) is 13.3. The molecule has 0 radical (unpaired) electrons. The highest BCUT2D eigenvalue weighted by Gasteiger charge is 2.05. The molecule has 0 amide bonds. The van der Waals surface area contributed by atoms with Crippen molar-refractivity contribution >= 4 is 5.96 Å². The largest absolute Gasteiger partial charge is 0.375 e. The molecule has 2 aromatic carbocycles. The highest BCUT2D eigenvalue weighted by molar-refractivity contribution is 5.79. The maximum atomic E-state index is 13.6. The molecule has 0 heterocycles. The molecule has 0 saturated heterocycles. The van der Waals surface area contributed by atoms with Crippen LogP contribution in [0.25, 0.3) is 0 Å². The lowest BCUT2D eigenvalue weighted by Crippen LogP contribution is -2.38. The average Bonchev–Trinajstić information content (AvgIpc) is 2.61. The number of ether oxygens (including phenoxy) is 1. The Morgan fingerprint density at radius 1 is 1.08 bits per heavy atom. The first-order valence-electron chi connectivity index (χ1n) is 7.69. The molecule has 0 saturated carbocycles. The second-order valence-electron chi connectivity index (χ2n) is 5.13. The third-order valence-electron chi connectivity index (χ3n) is 3.33. The fourth-order valence-electron chi connectivity index (χ4n) is 2.08.